The summed E-state index contributed by atoms with van der Waals surface area (Å²) in [4.78, 5) is 11.3. The van der Waals surface area contributed by atoms with Crippen molar-refractivity contribution in [2.24, 2.45) is 0 Å². The van der Waals surface area contributed by atoms with Gasteiger partial charge in [0.05, 0.1) is 26.0 Å². The van der Waals surface area contributed by atoms with Gasteiger partial charge in [-0.15, -0.1) is 10.2 Å². The number of hydrogen-bond acceptors (Lipinski definition) is 9. The minimum atomic E-state index is 0.0841. The third-order valence-electron chi connectivity index (χ3n) is 7.40. The number of aromatic nitrogens is 4. The van der Waals surface area contributed by atoms with Crippen LogP contribution in [0.1, 0.15) is 38.5 Å². The molecule has 2 aromatic heterocycles. The van der Waals surface area contributed by atoms with Crippen molar-refractivity contribution in [2.45, 2.75) is 62.7 Å². The molecule has 0 spiro atoms. The molecule has 1 saturated carbocycles. The molecule has 4 heterocycles. The van der Waals surface area contributed by atoms with Crippen molar-refractivity contribution in [3.63, 3.8) is 0 Å². The summed E-state index contributed by atoms with van der Waals surface area (Å²) in [6.45, 7) is 0. The molecule has 9 heteroatoms. The second-order valence-electron chi connectivity index (χ2n) is 9.71. The average Bonchev–Trinajstić information content (AvgIpc) is 3.67. The summed E-state index contributed by atoms with van der Waals surface area (Å²) in [6.07, 6.45) is 10.8. The van der Waals surface area contributed by atoms with E-state index in [4.69, 9.17) is 9.47 Å². The van der Waals surface area contributed by atoms with Crippen LogP contribution >= 0.6 is 0 Å². The number of fused-ring (bicyclic) bond motifs is 2. The van der Waals surface area contributed by atoms with Crippen LogP contribution in [-0.2, 0) is 0 Å². The predicted molar refractivity (Wildman–Crippen MR) is 132 cm³/mol. The molecule has 3 atom stereocenters. The van der Waals surface area contributed by atoms with Crippen LogP contribution in [0.15, 0.2) is 36.7 Å². The lowest BCUT2D eigenvalue weighted by Crippen LogP contribution is -2.49. The van der Waals surface area contributed by atoms with Crippen molar-refractivity contribution in [2.75, 3.05) is 19.1 Å². The van der Waals surface area contributed by atoms with E-state index in [1.807, 2.05) is 18.3 Å². The number of phenols is 1. The first-order chi connectivity index (χ1) is 17.1. The predicted octanol–water partition coefficient (Wildman–Crippen LogP) is 3.58. The van der Waals surface area contributed by atoms with Gasteiger partial charge in [0.15, 0.2) is 17.4 Å². The van der Waals surface area contributed by atoms with Gasteiger partial charge in [0.2, 0.25) is 0 Å². The van der Waals surface area contributed by atoms with Crippen molar-refractivity contribution < 1.29 is 14.6 Å². The van der Waals surface area contributed by atoms with Crippen molar-refractivity contribution in [3.05, 3.63) is 36.7 Å². The van der Waals surface area contributed by atoms with Crippen LogP contribution in [-0.4, -0.2) is 63.7 Å². The van der Waals surface area contributed by atoms with E-state index in [2.05, 4.69) is 30.4 Å². The third kappa shape index (κ3) is 4.25. The summed E-state index contributed by atoms with van der Waals surface area (Å²) in [5.74, 6) is 2.27. The topological polar surface area (TPSA) is 106 Å². The summed E-state index contributed by atoms with van der Waals surface area (Å²) in [5, 5.41) is 23.5. The number of nitrogens with one attached hydrogen (secondary N) is 1. The standard InChI is InChI=1S/C26H30N6O3/c1-34-23-10-16(13-28-26(23)35-2)15-3-8-21(22(33)9-15)25-27-14-24(30-31-25)32(19-6-7-19)20-11-17-4-5-18(12-20)29-17/h3,8-10,13-14,17-20,29,33H,4-7,11-12H2,1-2H3/t17-,18+,20?. The number of benzene rings is 1. The monoisotopic (exact) mass is 474 g/mol. The summed E-state index contributed by atoms with van der Waals surface area (Å²) < 4.78 is 10.6. The highest BCUT2D eigenvalue weighted by molar-refractivity contribution is 5.73. The number of anilines is 1. The number of aromatic hydroxyl groups is 1. The van der Waals surface area contributed by atoms with Crippen molar-refractivity contribution in [1.29, 1.82) is 0 Å². The van der Waals surface area contributed by atoms with Gasteiger partial charge < -0.3 is 24.8 Å². The molecular weight excluding hydrogens is 444 g/mol. The Morgan fingerprint density at radius 3 is 2.31 bits per heavy atom. The van der Waals surface area contributed by atoms with E-state index in [0.717, 1.165) is 29.8 Å². The molecule has 2 N–H and O–H groups in total. The molecule has 9 nitrogen and oxygen atoms in total. The van der Waals surface area contributed by atoms with Crippen LogP contribution in [0.5, 0.6) is 17.4 Å². The summed E-state index contributed by atoms with van der Waals surface area (Å²) in [7, 11) is 3.11. The zero-order valence-electron chi connectivity index (χ0n) is 20.0. The van der Waals surface area contributed by atoms with Gasteiger partial charge in [0.1, 0.15) is 5.75 Å². The maximum Gasteiger partial charge on any atom is 0.256 e. The number of phenolic OH excluding ortho intramolecular Hbond substituents is 1. The lowest BCUT2D eigenvalue weighted by molar-refractivity contribution is 0.343. The third-order valence-corrected chi connectivity index (χ3v) is 7.40. The minimum Gasteiger partial charge on any atom is -0.507 e. The molecule has 1 unspecified atom stereocenters. The number of rotatable bonds is 7. The molecule has 182 valence electrons. The van der Waals surface area contributed by atoms with Gasteiger partial charge in [-0.2, -0.15) is 0 Å². The van der Waals surface area contributed by atoms with Crippen LogP contribution in [0.25, 0.3) is 22.5 Å². The number of hydrogen-bond donors (Lipinski definition) is 2. The van der Waals surface area contributed by atoms with Gasteiger partial charge >= 0.3 is 0 Å². The van der Waals surface area contributed by atoms with Crippen LogP contribution in [0, 0.1) is 0 Å². The molecule has 3 aromatic rings. The molecule has 2 bridgehead atoms. The van der Waals surface area contributed by atoms with E-state index < -0.39 is 0 Å². The Bertz CT molecular complexity index is 1200. The van der Waals surface area contributed by atoms with Gasteiger partial charge in [-0.05, 0) is 62.3 Å². The highest BCUT2D eigenvalue weighted by atomic mass is 16.5. The smallest absolute Gasteiger partial charge is 0.256 e. The van der Waals surface area contributed by atoms with Crippen LogP contribution < -0.4 is 19.7 Å². The first-order valence-corrected chi connectivity index (χ1v) is 12.3. The van der Waals surface area contributed by atoms with Crippen molar-refractivity contribution in [1.82, 2.24) is 25.5 Å². The fraction of sp³-hybridized carbons (Fsp3) is 0.462. The van der Waals surface area contributed by atoms with E-state index in [1.165, 1.54) is 25.7 Å². The van der Waals surface area contributed by atoms with Crippen molar-refractivity contribution >= 4 is 5.82 Å². The number of nitrogens with zero attached hydrogens (tertiary/aromatic N) is 5. The van der Waals surface area contributed by atoms with Gasteiger partial charge in [-0.25, -0.2) is 9.97 Å². The molecule has 35 heavy (non-hydrogen) atoms. The fourth-order valence-electron chi connectivity index (χ4n) is 5.58. The Labute approximate surface area is 204 Å². The normalized spacial score (nSPS) is 23.2. The lowest BCUT2D eigenvalue weighted by atomic mass is 9.98. The molecule has 6 rings (SSSR count). The molecule has 2 saturated heterocycles. The maximum atomic E-state index is 10.8. The van der Waals surface area contributed by atoms with Crippen molar-refractivity contribution in [3.8, 4) is 39.9 Å². The Morgan fingerprint density at radius 2 is 1.69 bits per heavy atom. The molecule has 0 radical (unpaired) electrons. The summed E-state index contributed by atoms with van der Waals surface area (Å²) in [6, 6.07) is 9.49. The quantitative estimate of drug-likeness (QED) is 0.531. The molecule has 1 aliphatic carbocycles. The van der Waals surface area contributed by atoms with Crippen LogP contribution in [0.2, 0.25) is 0 Å². The molecular formula is C26H30N6O3. The van der Waals surface area contributed by atoms with Gasteiger partial charge in [0.25, 0.3) is 5.88 Å². The van der Waals surface area contributed by atoms with Gasteiger partial charge in [0, 0.05) is 35.9 Å². The van der Waals surface area contributed by atoms with Crippen LogP contribution in [0.4, 0.5) is 5.82 Å². The molecule has 0 amide bonds. The van der Waals surface area contributed by atoms with Gasteiger partial charge in [-0.1, -0.05) is 6.07 Å². The van der Waals surface area contributed by atoms with E-state index in [1.54, 1.807) is 32.5 Å². The molecule has 2 aliphatic heterocycles. The number of ether oxygens (including phenoxy) is 2. The van der Waals surface area contributed by atoms with Crippen LogP contribution in [0.3, 0.4) is 0 Å². The number of methoxy groups -OCH3 is 2. The second kappa shape index (κ2) is 8.96. The first-order valence-electron chi connectivity index (χ1n) is 12.3. The summed E-state index contributed by atoms with van der Waals surface area (Å²) in [5.41, 5.74) is 2.14. The maximum absolute atomic E-state index is 10.8. The fourth-order valence-corrected chi connectivity index (χ4v) is 5.58. The van der Waals surface area contributed by atoms with E-state index >= 15 is 0 Å². The number of pyridine rings is 1. The average molecular weight is 475 g/mol. The van der Waals surface area contributed by atoms with E-state index in [0.29, 0.717) is 47.2 Å². The minimum absolute atomic E-state index is 0.0841. The number of piperidine rings is 1. The molecule has 3 fully saturated rings. The van der Waals surface area contributed by atoms with Gasteiger partial charge in [-0.3, -0.25) is 0 Å². The Balaban J connectivity index is 1.24. The Hall–Kier alpha value is -3.46. The summed E-state index contributed by atoms with van der Waals surface area (Å²) >= 11 is 0. The SMILES string of the molecule is COc1cc(-c2ccc(-c3ncc(N(C4CC4)C4C[C@H]5CC[C@@H](C4)N5)nn3)c(O)c2)cnc1OC. The van der Waals surface area contributed by atoms with E-state index in [9.17, 15) is 5.11 Å². The Morgan fingerprint density at radius 1 is 0.886 bits per heavy atom. The zero-order chi connectivity index (χ0) is 23.9. The first kappa shape index (κ1) is 22.0. The molecule has 1 aromatic carbocycles. The lowest BCUT2D eigenvalue weighted by Gasteiger charge is -2.38. The zero-order valence-corrected chi connectivity index (χ0v) is 20.0. The highest BCUT2D eigenvalue weighted by Crippen LogP contribution is 2.39. The van der Waals surface area contributed by atoms with E-state index in [-0.39, 0.29) is 5.75 Å². The highest BCUT2D eigenvalue weighted by Gasteiger charge is 2.41. The Kier molecular flexibility index (Phi) is 5.64. The second-order valence-corrected chi connectivity index (χ2v) is 9.71. The molecule has 3 aliphatic rings. The largest absolute Gasteiger partial charge is 0.507 e.